The Bertz CT molecular complexity index is 265. The van der Waals surface area contributed by atoms with Gasteiger partial charge in [0.2, 0.25) is 0 Å². The number of hydrogen-bond donors (Lipinski definition) is 1. The van der Waals surface area contributed by atoms with Gasteiger partial charge in [-0.3, -0.25) is 0 Å². The fourth-order valence-corrected chi connectivity index (χ4v) is 2.43. The van der Waals surface area contributed by atoms with Crippen LogP contribution in [0.15, 0.2) is 5.38 Å². The Labute approximate surface area is 75.2 Å². The molecule has 2 N–H and O–H groups in total. The maximum atomic E-state index is 5.85. The van der Waals surface area contributed by atoms with E-state index in [1.54, 1.807) is 11.3 Å². The van der Waals surface area contributed by atoms with Crippen LogP contribution in [-0.4, -0.2) is 0 Å². The second-order valence-corrected chi connectivity index (χ2v) is 4.49. The monoisotopic (exact) mass is 187 g/mol. The minimum absolute atomic E-state index is 0.707. The molecule has 0 radical (unpaired) electrons. The van der Waals surface area contributed by atoms with Gasteiger partial charge in [0.25, 0.3) is 0 Å². The lowest BCUT2D eigenvalue weighted by Crippen LogP contribution is -2.09. The van der Waals surface area contributed by atoms with Gasteiger partial charge in [0.1, 0.15) is 4.34 Å². The third-order valence-corrected chi connectivity index (χ3v) is 3.63. The fraction of sp³-hybridized carbons (Fsp3) is 0.500. The largest absolute Gasteiger partial charge is 0.397 e. The van der Waals surface area contributed by atoms with Crippen molar-refractivity contribution in [3.63, 3.8) is 0 Å². The molecule has 3 heteroatoms. The molecule has 1 fully saturated rings. The van der Waals surface area contributed by atoms with Crippen molar-refractivity contribution >= 4 is 28.6 Å². The van der Waals surface area contributed by atoms with E-state index in [9.17, 15) is 0 Å². The van der Waals surface area contributed by atoms with Crippen molar-refractivity contribution in [3.05, 3.63) is 15.3 Å². The van der Waals surface area contributed by atoms with Crippen molar-refractivity contribution in [2.24, 2.45) is 0 Å². The van der Waals surface area contributed by atoms with E-state index in [0.717, 1.165) is 10.0 Å². The molecular weight excluding hydrogens is 178 g/mol. The Hall–Kier alpha value is -0.210. The summed E-state index contributed by atoms with van der Waals surface area (Å²) in [5, 5.41) is 2.10. The summed E-state index contributed by atoms with van der Waals surface area (Å²) in [6.45, 7) is 0. The van der Waals surface area contributed by atoms with E-state index in [-0.39, 0.29) is 0 Å². The van der Waals surface area contributed by atoms with E-state index in [0.29, 0.717) is 5.92 Å². The van der Waals surface area contributed by atoms with Crippen LogP contribution in [0.5, 0.6) is 0 Å². The van der Waals surface area contributed by atoms with Crippen molar-refractivity contribution in [1.29, 1.82) is 0 Å². The van der Waals surface area contributed by atoms with Gasteiger partial charge < -0.3 is 5.73 Å². The van der Waals surface area contributed by atoms with Crippen LogP contribution in [0.4, 0.5) is 5.69 Å². The van der Waals surface area contributed by atoms with Crippen LogP contribution in [0.3, 0.4) is 0 Å². The molecule has 1 saturated carbocycles. The van der Waals surface area contributed by atoms with Crippen molar-refractivity contribution in [2.75, 3.05) is 5.73 Å². The van der Waals surface area contributed by atoms with Crippen LogP contribution in [0.25, 0.3) is 0 Å². The molecule has 0 amide bonds. The molecule has 0 bridgehead atoms. The second kappa shape index (κ2) is 2.68. The van der Waals surface area contributed by atoms with Crippen molar-refractivity contribution in [1.82, 2.24) is 0 Å². The van der Waals surface area contributed by atoms with Gasteiger partial charge in [-0.15, -0.1) is 11.3 Å². The van der Waals surface area contributed by atoms with Crippen molar-refractivity contribution in [2.45, 2.75) is 25.2 Å². The minimum Gasteiger partial charge on any atom is -0.397 e. The molecule has 1 aromatic heterocycles. The molecule has 1 aliphatic carbocycles. The third kappa shape index (κ3) is 1.14. The molecule has 1 heterocycles. The van der Waals surface area contributed by atoms with E-state index >= 15 is 0 Å². The van der Waals surface area contributed by atoms with Gasteiger partial charge in [0.05, 0.1) is 5.69 Å². The highest BCUT2D eigenvalue weighted by Crippen LogP contribution is 2.43. The molecule has 0 aliphatic heterocycles. The molecule has 0 spiro atoms. The molecule has 1 aliphatic rings. The van der Waals surface area contributed by atoms with E-state index in [1.807, 2.05) is 0 Å². The zero-order chi connectivity index (χ0) is 7.84. The normalized spacial score (nSPS) is 18.3. The van der Waals surface area contributed by atoms with Gasteiger partial charge in [-0.2, -0.15) is 0 Å². The summed E-state index contributed by atoms with van der Waals surface area (Å²) in [5.41, 5.74) is 7.90. The first kappa shape index (κ1) is 7.44. The summed E-state index contributed by atoms with van der Waals surface area (Å²) in [6.07, 6.45) is 3.92. The zero-order valence-electron chi connectivity index (χ0n) is 6.14. The summed E-state index contributed by atoms with van der Waals surface area (Å²) in [5.74, 6) is 0.707. The van der Waals surface area contributed by atoms with Gasteiger partial charge in [-0.05, 0) is 29.7 Å². The first-order valence-corrected chi connectivity index (χ1v) is 5.07. The van der Waals surface area contributed by atoms with Gasteiger partial charge in [0.15, 0.2) is 0 Å². The molecule has 0 unspecified atom stereocenters. The number of nitrogens with two attached hydrogens (primary N) is 1. The number of rotatable bonds is 1. The number of hydrogen-bond acceptors (Lipinski definition) is 2. The molecular formula is C8H10ClNS. The van der Waals surface area contributed by atoms with E-state index in [2.05, 4.69) is 5.38 Å². The van der Waals surface area contributed by atoms with E-state index < -0.39 is 0 Å². The minimum atomic E-state index is 0.707. The van der Waals surface area contributed by atoms with Crippen LogP contribution in [0.1, 0.15) is 30.7 Å². The van der Waals surface area contributed by atoms with Crippen molar-refractivity contribution in [3.8, 4) is 0 Å². The summed E-state index contributed by atoms with van der Waals surface area (Å²) in [7, 11) is 0. The quantitative estimate of drug-likeness (QED) is 0.718. The average Bonchev–Trinajstić information content (AvgIpc) is 2.15. The lowest BCUT2D eigenvalue weighted by molar-refractivity contribution is 0.422. The maximum Gasteiger partial charge on any atom is 0.116 e. The van der Waals surface area contributed by atoms with Gasteiger partial charge >= 0.3 is 0 Å². The Morgan fingerprint density at radius 2 is 2.27 bits per heavy atom. The standard InChI is InChI=1S/C8H10ClNS/c9-8-7(10)6(4-11-8)5-2-1-3-5/h4-5H,1-3,10H2. The lowest BCUT2D eigenvalue weighted by atomic mass is 9.81. The molecule has 0 saturated heterocycles. The summed E-state index contributed by atoms with van der Waals surface area (Å²) < 4.78 is 0.756. The fourth-order valence-electron chi connectivity index (χ4n) is 1.39. The Morgan fingerprint density at radius 3 is 2.64 bits per heavy atom. The predicted octanol–water partition coefficient (Wildman–Crippen LogP) is 3.25. The topological polar surface area (TPSA) is 26.0 Å². The molecule has 11 heavy (non-hydrogen) atoms. The number of anilines is 1. The van der Waals surface area contributed by atoms with Crippen LogP contribution in [0, 0.1) is 0 Å². The highest BCUT2D eigenvalue weighted by Gasteiger charge is 2.23. The lowest BCUT2D eigenvalue weighted by Gasteiger charge is -2.25. The molecule has 2 rings (SSSR count). The predicted molar refractivity (Wildman–Crippen MR) is 50.3 cm³/mol. The Morgan fingerprint density at radius 1 is 1.55 bits per heavy atom. The van der Waals surface area contributed by atoms with Crippen LogP contribution in [-0.2, 0) is 0 Å². The maximum absolute atomic E-state index is 5.85. The first-order chi connectivity index (χ1) is 5.29. The third-order valence-electron chi connectivity index (χ3n) is 2.36. The molecule has 0 aromatic carbocycles. The second-order valence-electron chi connectivity index (χ2n) is 3.01. The summed E-state index contributed by atoms with van der Waals surface area (Å²) >= 11 is 7.40. The van der Waals surface area contributed by atoms with Crippen LogP contribution < -0.4 is 5.73 Å². The Balaban J connectivity index is 2.29. The Kier molecular flexibility index (Phi) is 1.81. The van der Waals surface area contributed by atoms with Crippen molar-refractivity contribution < 1.29 is 0 Å². The molecule has 0 atom stereocenters. The average molecular weight is 188 g/mol. The number of thiophene rings is 1. The molecule has 1 nitrogen and oxygen atoms in total. The van der Waals surface area contributed by atoms with Gasteiger partial charge in [-0.25, -0.2) is 0 Å². The van der Waals surface area contributed by atoms with Crippen LogP contribution in [0.2, 0.25) is 4.34 Å². The summed E-state index contributed by atoms with van der Waals surface area (Å²) in [6, 6.07) is 0. The smallest absolute Gasteiger partial charge is 0.116 e. The van der Waals surface area contributed by atoms with E-state index in [4.69, 9.17) is 17.3 Å². The van der Waals surface area contributed by atoms with Crippen LogP contribution >= 0.6 is 22.9 Å². The first-order valence-electron chi connectivity index (χ1n) is 3.81. The van der Waals surface area contributed by atoms with Gasteiger partial charge in [0, 0.05) is 0 Å². The zero-order valence-corrected chi connectivity index (χ0v) is 7.71. The highest BCUT2D eigenvalue weighted by molar-refractivity contribution is 7.15. The summed E-state index contributed by atoms with van der Waals surface area (Å²) in [4.78, 5) is 0. The van der Waals surface area contributed by atoms with Gasteiger partial charge in [-0.1, -0.05) is 18.0 Å². The highest BCUT2D eigenvalue weighted by atomic mass is 35.5. The van der Waals surface area contributed by atoms with E-state index in [1.165, 1.54) is 24.8 Å². The molecule has 1 aromatic rings. The number of nitrogen functional groups attached to an aromatic ring is 1. The SMILES string of the molecule is Nc1c(C2CCC2)csc1Cl. The number of halogens is 1. The molecule has 60 valence electrons.